The van der Waals surface area contributed by atoms with Crippen molar-refractivity contribution < 1.29 is 4.42 Å². The van der Waals surface area contributed by atoms with Gasteiger partial charge in [-0.2, -0.15) is 0 Å². The molecule has 0 saturated heterocycles. The predicted octanol–water partition coefficient (Wildman–Crippen LogP) is 2.07. The number of aliphatic imine (C=N–C) groups is 2. The van der Waals surface area contributed by atoms with Crippen molar-refractivity contribution in [2.75, 3.05) is 5.73 Å². The van der Waals surface area contributed by atoms with Crippen molar-refractivity contribution in [1.82, 2.24) is 0 Å². The number of nitrogens with two attached hydrogens (primary N) is 1. The van der Waals surface area contributed by atoms with Gasteiger partial charge in [-0.25, -0.2) is 4.99 Å². The van der Waals surface area contributed by atoms with Gasteiger partial charge in [-0.3, -0.25) is 4.99 Å². The van der Waals surface area contributed by atoms with Crippen molar-refractivity contribution in [3.63, 3.8) is 0 Å². The summed E-state index contributed by atoms with van der Waals surface area (Å²) in [6.07, 6.45) is 6.62. The van der Waals surface area contributed by atoms with E-state index >= 15 is 0 Å². The molecule has 1 aromatic heterocycles. The highest BCUT2D eigenvalue weighted by atomic mass is 16.4. The van der Waals surface area contributed by atoms with Gasteiger partial charge in [0.25, 0.3) is 0 Å². The molecule has 0 aliphatic carbocycles. The quantitative estimate of drug-likeness (QED) is 0.724. The molecular formula is C10H11N3O. The number of hydrogen-bond acceptors (Lipinski definition) is 4. The summed E-state index contributed by atoms with van der Waals surface area (Å²) in [5, 5.41) is 0. The molecule has 2 heterocycles. The maximum atomic E-state index is 5.87. The number of fused-ring (bicyclic) bond motifs is 1. The lowest BCUT2D eigenvalue weighted by atomic mass is 10.1. The third kappa shape index (κ3) is 1.35. The molecule has 1 aromatic rings. The van der Waals surface area contributed by atoms with Crippen LogP contribution in [0, 0.1) is 0 Å². The van der Waals surface area contributed by atoms with Gasteiger partial charge in [0.15, 0.2) is 5.76 Å². The van der Waals surface area contributed by atoms with Gasteiger partial charge >= 0.3 is 0 Å². The Morgan fingerprint density at radius 3 is 3.21 bits per heavy atom. The minimum Gasteiger partial charge on any atom is -0.435 e. The van der Waals surface area contributed by atoms with Crippen LogP contribution in [0.2, 0.25) is 0 Å². The van der Waals surface area contributed by atoms with Crippen molar-refractivity contribution >= 4 is 24.0 Å². The summed E-state index contributed by atoms with van der Waals surface area (Å²) in [5.41, 5.74) is 7.50. The van der Waals surface area contributed by atoms with Crippen LogP contribution in [0.4, 0.5) is 11.6 Å². The molecule has 0 radical (unpaired) electrons. The molecule has 1 aliphatic heterocycles. The highest BCUT2D eigenvalue weighted by Crippen LogP contribution is 2.33. The van der Waals surface area contributed by atoms with E-state index in [1.54, 1.807) is 6.21 Å². The van der Waals surface area contributed by atoms with Gasteiger partial charge in [-0.1, -0.05) is 6.58 Å². The first-order chi connectivity index (χ1) is 6.83. The number of nitrogen functional groups attached to an aromatic ring is 1. The molecule has 0 unspecified atom stereocenters. The van der Waals surface area contributed by atoms with Gasteiger partial charge in [0.05, 0.1) is 11.9 Å². The Balaban J connectivity index is 2.44. The summed E-state index contributed by atoms with van der Waals surface area (Å²) in [6.45, 7) is 3.48. The molecule has 4 heteroatoms. The molecule has 0 aromatic carbocycles. The van der Waals surface area contributed by atoms with Crippen LogP contribution in [0.25, 0.3) is 0 Å². The zero-order chi connectivity index (χ0) is 9.97. The summed E-state index contributed by atoms with van der Waals surface area (Å²) >= 11 is 0. The minimum absolute atomic E-state index is 0.564. The van der Waals surface area contributed by atoms with Crippen LogP contribution in [0.3, 0.4) is 0 Å². The molecule has 1 aliphatic rings. The Morgan fingerprint density at radius 1 is 1.64 bits per heavy atom. The summed E-state index contributed by atoms with van der Waals surface area (Å²) < 4.78 is 5.42. The predicted molar refractivity (Wildman–Crippen MR) is 57.4 cm³/mol. The third-order valence-corrected chi connectivity index (χ3v) is 2.08. The van der Waals surface area contributed by atoms with Gasteiger partial charge in [0.2, 0.25) is 5.88 Å². The zero-order valence-corrected chi connectivity index (χ0v) is 7.73. The lowest BCUT2D eigenvalue weighted by Crippen LogP contribution is -1.96. The van der Waals surface area contributed by atoms with Crippen LogP contribution in [0.1, 0.15) is 17.7 Å². The molecule has 4 nitrogen and oxygen atoms in total. The fourth-order valence-corrected chi connectivity index (χ4v) is 1.40. The molecule has 0 amide bonds. The molecule has 72 valence electrons. The Labute approximate surface area is 81.9 Å². The van der Waals surface area contributed by atoms with Crippen LogP contribution >= 0.6 is 0 Å². The molecule has 0 atom stereocenters. The van der Waals surface area contributed by atoms with Crippen LogP contribution in [0.5, 0.6) is 0 Å². The Morgan fingerprint density at radius 2 is 2.50 bits per heavy atom. The van der Waals surface area contributed by atoms with Crippen molar-refractivity contribution in [1.29, 1.82) is 0 Å². The number of nitrogens with zero attached hydrogens (tertiary/aromatic N) is 2. The fraction of sp³-hybridized carbons (Fsp3) is 0.200. The lowest BCUT2D eigenvalue weighted by Gasteiger charge is -2.01. The SMILES string of the molecule is C=CN=Cc1oc2c(c1N)CCC=N2. The Hall–Kier alpha value is -1.84. The van der Waals surface area contributed by atoms with Gasteiger partial charge < -0.3 is 10.2 Å². The smallest absolute Gasteiger partial charge is 0.224 e. The lowest BCUT2D eigenvalue weighted by molar-refractivity contribution is 0.567. The first-order valence-corrected chi connectivity index (χ1v) is 4.40. The maximum absolute atomic E-state index is 5.87. The van der Waals surface area contributed by atoms with E-state index in [1.165, 1.54) is 6.20 Å². The van der Waals surface area contributed by atoms with E-state index in [4.69, 9.17) is 10.2 Å². The van der Waals surface area contributed by atoms with E-state index in [1.807, 2.05) is 6.21 Å². The van der Waals surface area contributed by atoms with Crippen molar-refractivity contribution in [3.8, 4) is 0 Å². The summed E-state index contributed by atoms with van der Waals surface area (Å²) in [5.74, 6) is 1.17. The van der Waals surface area contributed by atoms with E-state index < -0.39 is 0 Å². The van der Waals surface area contributed by atoms with E-state index in [2.05, 4.69) is 16.6 Å². The highest BCUT2D eigenvalue weighted by molar-refractivity contribution is 5.87. The number of hydrogen-bond donors (Lipinski definition) is 1. The fourth-order valence-electron chi connectivity index (χ4n) is 1.40. The highest BCUT2D eigenvalue weighted by Gasteiger charge is 2.17. The molecule has 2 rings (SSSR count). The summed E-state index contributed by atoms with van der Waals surface area (Å²) in [6, 6.07) is 0. The topological polar surface area (TPSA) is 63.9 Å². The molecule has 2 N–H and O–H groups in total. The van der Waals surface area contributed by atoms with Crippen molar-refractivity contribution in [3.05, 3.63) is 24.1 Å². The van der Waals surface area contributed by atoms with E-state index in [0.29, 0.717) is 17.3 Å². The van der Waals surface area contributed by atoms with Crippen LogP contribution in [-0.2, 0) is 6.42 Å². The second-order valence-electron chi connectivity index (χ2n) is 2.97. The van der Waals surface area contributed by atoms with Crippen molar-refractivity contribution in [2.24, 2.45) is 9.98 Å². The zero-order valence-electron chi connectivity index (χ0n) is 7.73. The first kappa shape index (κ1) is 8.74. The molecule has 14 heavy (non-hydrogen) atoms. The Kier molecular flexibility index (Phi) is 2.18. The number of rotatable bonds is 2. The average Bonchev–Trinajstić information content (AvgIpc) is 2.54. The third-order valence-electron chi connectivity index (χ3n) is 2.08. The number of furan rings is 1. The molecule has 0 fully saturated rings. The average molecular weight is 189 g/mol. The van der Waals surface area contributed by atoms with E-state index in [0.717, 1.165) is 18.4 Å². The van der Waals surface area contributed by atoms with E-state index in [-0.39, 0.29) is 0 Å². The largest absolute Gasteiger partial charge is 0.435 e. The number of anilines is 1. The normalized spacial score (nSPS) is 14.6. The second kappa shape index (κ2) is 3.49. The summed E-state index contributed by atoms with van der Waals surface area (Å²) in [4.78, 5) is 7.98. The monoisotopic (exact) mass is 189 g/mol. The first-order valence-electron chi connectivity index (χ1n) is 4.40. The van der Waals surface area contributed by atoms with Gasteiger partial charge in [-0.05, 0) is 12.8 Å². The van der Waals surface area contributed by atoms with Crippen molar-refractivity contribution in [2.45, 2.75) is 12.8 Å². The van der Waals surface area contributed by atoms with Gasteiger partial charge in [0.1, 0.15) is 0 Å². The second-order valence-corrected chi connectivity index (χ2v) is 2.97. The standard InChI is InChI=1S/C10H11N3O/c1-2-12-6-8-9(11)7-4-3-5-13-10(7)14-8/h2,5-6H,1,3-4,11H2. The molecule has 0 bridgehead atoms. The van der Waals surface area contributed by atoms with Crippen LogP contribution < -0.4 is 5.73 Å². The minimum atomic E-state index is 0.564. The van der Waals surface area contributed by atoms with Crippen LogP contribution in [-0.4, -0.2) is 12.4 Å². The summed E-state index contributed by atoms with van der Waals surface area (Å²) in [7, 11) is 0. The van der Waals surface area contributed by atoms with Crippen LogP contribution in [0.15, 0.2) is 27.2 Å². The maximum Gasteiger partial charge on any atom is 0.224 e. The van der Waals surface area contributed by atoms with E-state index in [9.17, 15) is 0 Å². The van der Waals surface area contributed by atoms with Gasteiger partial charge in [0, 0.05) is 18.0 Å². The molecule has 0 spiro atoms. The Bertz CT molecular complexity index is 415. The molecular weight excluding hydrogens is 178 g/mol. The van der Waals surface area contributed by atoms with Gasteiger partial charge in [-0.15, -0.1) is 0 Å². The molecule has 0 saturated carbocycles.